The zero-order valence-electron chi connectivity index (χ0n) is 14.0. The fourth-order valence-corrected chi connectivity index (χ4v) is 2.00. The number of para-hydroxylation sites is 2. The number of carbonyl (C=O) groups is 2. The standard InChI is InChI=1S/C19H21NO4/c1-4-18(21)20-16-7-5-6-8-17(16)24-19(22)14-9-11-15(12-10-14)23-13(2)3/h5-13H,4H2,1-3H3,(H,20,21). The van der Waals surface area contributed by atoms with Crippen LogP contribution >= 0.6 is 0 Å². The molecular formula is C19H21NO4. The van der Waals surface area contributed by atoms with E-state index in [1.807, 2.05) is 13.8 Å². The lowest BCUT2D eigenvalue weighted by atomic mass is 10.2. The van der Waals surface area contributed by atoms with Gasteiger partial charge in [0.1, 0.15) is 5.75 Å². The Morgan fingerprint density at radius 3 is 2.33 bits per heavy atom. The van der Waals surface area contributed by atoms with Crippen LogP contribution in [0.5, 0.6) is 11.5 Å². The van der Waals surface area contributed by atoms with E-state index in [0.29, 0.717) is 29.2 Å². The summed E-state index contributed by atoms with van der Waals surface area (Å²) >= 11 is 0. The van der Waals surface area contributed by atoms with E-state index in [9.17, 15) is 9.59 Å². The van der Waals surface area contributed by atoms with Crippen molar-refractivity contribution in [2.75, 3.05) is 5.32 Å². The molecule has 1 amide bonds. The van der Waals surface area contributed by atoms with Crippen LogP contribution in [0.3, 0.4) is 0 Å². The summed E-state index contributed by atoms with van der Waals surface area (Å²) in [4.78, 5) is 23.8. The van der Waals surface area contributed by atoms with E-state index >= 15 is 0 Å². The largest absolute Gasteiger partial charge is 0.491 e. The predicted molar refractivity (Wildman–Crippen MR) is 92.5 cm³/mol. The maximum Gasteiger partial charge on any atom is 0.343 e. The molecule has 5 nitrogen and oxygen atoms in total. The lowest BCUT2D eigenvalue weighted by Crippen LogP contribution is -2.13. The molecular weight excluding hydrogens is 306 g/mol. The van der Waals surface area contributed by atoms with Gasteiger partial charge in [0.15, 0.2) is 5.75 Å². The van der Waals surface area contributed by atoms with E-state index in [1.165, 1.54) is 0 Å². The molecule has 0 spiro atoms. The van der Waals surface area contributed by atoms with Gasteiger partial charge in [-0.05, 0) is 50.2 Å². The van der Waals surface area contributed by atoms with Crippen molar-refractivity contribution < 1.29 is 19.1 Å². The molecule has 126 valence electrons. The number of hydrogen-bond acceptors (Lipinski definition) is 4. The average molecular weight is 327 g/mol. The van der Waals surface area contributed by atoms with Crippen molar-refractivity contribution in [3.05, 3.63) is 54.1 Å². The molecule has 0 radical (unpaired) electrons. The highest BCUT2D eigenvalue weighted by Gasteiger charge is 2.13. The summed E-state index contributed by atoms with van der Waals surface area (Å²) in [6, 6.07) is 13.6. The van der Waals surface area contributed by atoms with Crippen LogP contribution in [0, 0.1) is 0 Å². The van der Waals surface area contributed by atoms with Gasteiger partial charge >= 0.3 is 5.97 Å². The molecule has 0 aliphatic carbocycles. The second-order valence-electron chi connectivity index (χ2n) is 5.48. The second-order valence-corrected chi connectivity index (χ2v) is 5.48. The zero-order chi connectivity index (χ0) is 17.5. The Morgan fingerprint density at radius 2 is 1.71 bits per heavy atom. The first kappa shape index (κ1) is 17.5. The molecule has 0 aromatic heterocycles. The molecule has 0 aliphatic heterocycles. The molecule has 24 heavy (non-hydrogen) atoms. The molecule has 0 bridgehead atoms. The summed E-state index contributed by atoms with van der Waals surface area (Å²) in [5.41, 5.74) is 0.875. The normalized spacial score (nSPS) is 10.3. The molecule has 0 unspecified atom stereocenters. The summed E-state index contributed by atoms with van der Waals surface area (Å²) < 4.78 is 10.9. The van der Waals surface area contributed by atoms with E-state index in [0.717, 1.165) is 0 Å². The number of rotatable bonds is 6. The lowest BCUT2D eigenvalue weighted by Gasteiger charge is -2.12. The molecule has 0 fully saturated rings. The Bertz CT molecular complexity index is 708. The van der Waals surface area contributed by atoms with E-state index in [2.05, 4.69) is 5.32 Å². The molecule has 2 aromatic carbocycles. The van der Waals surface area contributed by atoms with Gasteiger partial charge in [-0.15, -0.1) is 0 Å². The first-order valence-electron chi connectivity index (χ1n) is 7.87. The van der Waals surface area contributed by atoms with Gasteiger partial charge in [0, 0.05) is 6.42 Å². The van der Waals surface area contributed by atoms with E-state index in [4.69, 9.17) is 9.47 Å². The van der Waals surface area contributed by atoms with E-state index in [1.54, 1.807) is 55.5 Å². The highest BCUT2D eigenvalue weighted by molar-refractivity contribution is 5.95. The molecule has 0 saturated carbocycles. The third kappa shape index (κ3) is 4.84. The molecule has 0 atom stereocenters. The minimum atomic E-state index is -0.496. The van der Waals surface area contributed by atoms with Crippen molar-refractivity contribution in [1.82, 2.24) is 0 Å². The van der Waals surface area contributed by atoms with E-state index in [-0.39, 0.29) is 12.0 Å². The van der Waals surface area contributed by atoms with Crippen molar-refractivity contribution in [2.24, 2.45) is 0 Å². The number of benzene rings is 2. The molecule has 0 saturated heterocycles. The first-order chi connectivity index (χ1) is 11.5. The van der Waals surface area contributed by atoms with Gasteiger partial charge in [0.2, 0.25) is 5.91 Å². The van der Waals surface area contributed by atoms with Crippen LogP contribution in [0.15, 0.2) is 48.5 Å². The van der Waals surface area contributed by atoms with Crippen molar-refractivity contribution in [1.29, 1.82) is 0 Å². The number of carbonyl (C=O) groups excluding carboxylic acids is 2. The highest BCUT2D eigenvalue weighted by atomic mass is 16.5. The van der Waals surface area contributed by atoms with Crippen LogP contribution in [0.1, 0.15) is 37.6 Å². The van der Waals surface area contributed by atoms with Crippen LogP contribution in [0.2, 0.25) is 0 Å². The van der Waals surface area contributed by atoms with Gasteiger partial charge in [-0.3, -0.25) is 4.79 Å². The zero-order valence-corrected chi connectivity index (χ0v) is 14.0. The fourth-order valence-electron chi connectivity index (χ4n) is 2.00. The minimum Gasteiger partial charge on any atom is -0.491 e. The molecule has 1 N–H and O–H groups in total. The Kier molecular flexibility index (Phi) is 5.95. The maximum atomic E-state index is 12.3. The predicted octanol–water partition coefficient (Wildman–Crippen LogP) is 4.04. The Hall–Kier alpha value is -2.82. The number of nitrogens with one attached hydrogen (secondary N) is 1. The second kappa shape index (κ2) is 8.15. The summed E-state index contributed by atoms with van der Waals surface area (Å²) in [5, 5.41) is 2.71. The van der Waals surface area contributed by atoms with Gasteiger partial charge in [0.25, 0.3) is 0 Å². The minimum absolute atomic E-state index is 0.0665. The monoisotopic (exact) mass is 327 g/mol. The Balaban J connectivity index is 2.11. The van der Waals surface area contributed by atoms with Crippen molar-refractivity contribution in [2.45, 2.75) is 33.3 Å². The summed E-state index contributed by atoms with van der Waals surface area (Å²) in [6.45, 7) is 5.62. The van der Waals surface area contributed by atoms with Gasteiger partial charge in [-0.1, -0.05) is 19.1 Å². The number of esters is 1. The van der Waals surface area contributed by atoms with Crippen LogP contribution in [0.25, 0.3) is 0 Å². The van der Waals surface area contributed by atoms with Crippen LogP contribution in [-0.2, 0) is 4.79 Å². The molecule has 2 aromatic rings. The van der Waals surface area contributed by atoms with Gasteiger partial charge < -0.3 is 14.8 Å². The van der Waals surface area contributed by atoms with E-state index < -0.39 is 5.97 Å². The molecule has 2 rings (SSSR count). The molecule has 5 heteroatoms. The Morgan fingerprint density at radius 1 is 1.04 bits per heavy atom. The van der Waals surface area contributed by atoms with Crippen LogP contribution < -0.4 is 14.8 Å². The lowest BCUT2D eigenvalue weighted by molar-refractivity contribution is -0.115. The van der Waals surface area contributed by atoms with Crippen molar-refractivity contribution in [3.63, 3.8) is 0 Å². The van der Waals surface area contributed by atoms with Crippen molar-refractivity contribution in [3.8, 4) is 11.5 Å². The third-order valence-corrected chi connectivity index (χ3v) is 3.15. The maximum absolute atomic E-state index is 12.3. The topological polar surface area (TPSA) is 64.6 Å². The molecule has 0 heterocycles. The first-order valence-corrected chi connectivity index (χ1v) is 7.87. The Labute approximate surface area is 141 Å². The fraction of sp³-hybridized carbons (Fsp3) is 0.263. The van der Waals surface area contributed by atoms with Crippen molar-refractivity contribution >= 4 is 17.6 Å². The number of ether oxygens (including phenoxy) is 2. The third-order valence-electron chi connectivity index (χ3n) is 3.15. The summed E-state index contributed by atoms with van der Waals surface area (Å²) in [5.74, 6) is 0.363. The van der Waals surface area contributed by atoms with Crippen LogP contribution in [-0.4, -0.2) is 18.0 Å². The average Bonchev–Trinajstić information content (AvgIpc) is 2.56. The van der Waals surface area contributed by atoms with Gasteiger partial charge in [-0.2, -0.15) is 0 Å². The number of amides is 1. The highest BCUT2D eigenvalue weighted by Crippen LogP contribution is 2.25. The number of hydrogen-bond donors (Lipinski definition) is 1. The summed E-state index contributed by atoms with van der Waals surface area (Å²) in [6.07, 6.45) is 0.413. The van der Waals surface area contributed by atoms with Crippen LogP contribution in [0.4, 0.5) is 5.69 Å². The smallest absolute Gasteiger partial charge is 0.343 e. The molecule has 0 aliphatic rings. The quantitative estimate of drug-likeness (QED) is 0.642. The van der Waals surface area contributed by atoms with Gasteiger partial charge in [-0.25, -0.2) is 4.79 Å². The number of anilines is 1. The summed E-state index contributed by atoms with van der Waals surface area (Å²) in [7, 11) is 0. The SMILES string of the molecule is CCC(=O)Nc1ccccc1OC(=O)c1ccc(OC(C)C)cc1. The van der Waals surface area contributed by atoms with Gasteiger partial charge in [0.05, 0.1) is 17.4 Å².